The molecule has 0 aliphatic carbocycles. The van der Waals surface area contributed by atoms with E-state index in [1.165, 1.54) is 64.2 Å². The molecule has 0 unspecified atom stereocenters. The standard InChI is InChI=1S/C40H47F3N6O/c1-27(45-39(50)32-10-13-36-31(22-32)4-2-5-35(36)30-8-11-33(12-9-30)40(41,42)43)37-6-3-7-38(47-37)46-34-16-20-48(21-17-34)24-29-25-49(26-29)23-28-14-18-44-19-15-28/h2-13,22,27-29,34,44H,14-21,23-26H2,1H3,(H,45,50)(H,46,47)/t27-/m0/s1. The van der Waals surface area contributed by atoms with Crippen molar-refractivity contribution in [3.63, 3.8) is 0 Å². The van der Waals surface area contributed by atoms with E-state index in [1.807, 2.05) is 55.5 Å². The summed E-state index contributed by atoms with van der Waals surface area (Å²) in [6, 6.07) is 22.2. The second kappa shape index (κ2) is 15.1. The number of nitrogens with one attached hydrogen (secondary N) is 3. The summed E-state index contributed by atoms with van der Waals surface area (Å²) in [7, 11) is 0. The van der Waals surface area contributed by atoms with E-state index >= 15 is 0 Å². The number of nitrogens with zero attached hydrogens (tertiary/aromatic N) is 3. The van der Waals surface area contributed by atoms with Gasteiger partial charge in [0.2, 0.25) is 0 Å². The van der Waals surface area contributed by atoms with E-state index in [-0.39, 0.29) is 11.9 Å². The molecule has 7 rings (SSSR count). The van der Waals surface area contributed by atoms with Crippen molar-refractivity contribution in [3.8, 4) is 11.1 Å². The molecule has 50 heavy (non-hydrogen) atoms. The highest BCUT2D eigenvalue weighted by Gasteiger charge is 2.32. The zero-order valence-corrected chi connectivity index (χ0v) is 28.7. The number of aromatic nitrogens is 1. The van der Waals surface area contributed by atoms with Crippen molar-refractivity contribution in [1.82, 2.24) is 25.4 Å². The number of piperidine rings is 2. The highest BCUT2D eigenvalue weighted by atomic mass is 19.4. The molecule has 264 valence electrons. The van der Waals surface area contributed by atoms with Crippen molar-refractivity contribution < 1.29 is 18.0 Å². The molecule has 3 aromatic carbocycles. The molecular formula is C40H47F3N6O. The minimum absolute atomic E-state index is 0.215. The third-order valence-corrected chi connectivity index (χ3v) is 10.7. The third kappa shape index (κ3) is 8.30. The van der Waals surface area contributed by atoms with Gasteiger partial charge in [-0.3, -0.25) is 4.79 Å². The van der Waals surface area contributed by atoms with Gasteiger partial charge in [-0.15, -0.1) is 0 Å². The van der Waals surface area contributed by atoms with Crippen LogP contribution in [0.3, 0.4) is 0 Å². The Labute approximate surface area is 292 Å². The predicted molar refractivity (Wildman–Crippen MR) is 193 cm³/mol. The van der Waals surface area contributed by atoms with E-state index < -0.39 is 11.7 Å². The fourth-order valence-corrected chi connectivity index (χ4v) is 7.85. The van der Waals surface area contributed by atoms with Crippen LogP contribution >= 0.6 is 0 Å². The van der Waals surface area contributed by atoms with E-state index in [9.17, 15) is 18.0 Å². The summed E-state index contributed by atoms with van der Waals surface area (Å²) in [5.41, 5.74) is 2.10. The lowest BCUT2D eigenvalue weighted by atomic mass is 9.92. The lowest BCUT2D eigenvalue weighted by Gasteiger charge is -2.44. The minimum Gasteiger partial charge on any atom is -0.367 e. The summed E-state index contributed by atoms with van der Waals surface area (Å²) in [6.45, 7) is 11.5. The molecule has 1 amide bonds. The molecule has 4 aromatic rings. The van der Waals surface area contributed by atoms with Crippen LogP contribution in [0.5, 0.6) is 0 Å². The van der Waals surface area contributed by atoms with Gasteiger partial charge in [-0.1, -0.05) is 42.5 Å². The van der Waals surface area contributed by atoms with Gasteiger partial charge in [-0.25, -0.2) is 4.98 Å². The van der Waals surface area contributed by atoms with Crippen LogP contribution in [0.2, 0.25) is 0 Å². The molecule has 1 aromatic heterocycles. The second-order valence-corrected chi connectivity index (χ2v) is 14.5. The van der Waals surface area contributed by atoms with Crippen LogP contribution in [0.4, 0.5) is 19.0 Å². The molecule has 3 saturated heterocycles. The van der Waals surface area contributed by atoms with Gasteiger partial charge < -0.3 is 25.8 Å². The number of rotatable bonds is 10. The summed E-state index contributed by atoms with van der Waals surface area (Å²) in [5, 5.41) is 11.9. The van der Waals surface area contributed by atoms with Crippen molar-refractivity contribution >= 4 is 22.5 Å². The maximum atomic E-state index is 13.3. The quantitative estimate of drug-likeness (QED) is 0.164. The number of alkyl halides is 3. The highest BCUT2D eigenvalue weighted by Crippen LogP contribution is 2.34. The summed E-state index contributed by atoms with van der Waals surface area (Å²) in [6.07, 6.45) is 0.436. The molecule has 3 aliphatic rings. The average Bonchev–Trinajstić information content (AvgIpc) is 3.11. The van der Waals surface area contributed by atoms with Crippen molar-refractivity contribution in [1.29, 1.82) is 0 Å². The first-order valence-corrected chi connectivity index (χ1v) is 18.1. The van der Waals surface area contributed by atoms with Crippen LogP contribution in [0.15, 0.2) is 78.9 Å². The molecule has 3 N–H and O–H groups in total. The summed E-state index contributed by atoms with van der Waals surface area (Å²) < 4.78 is 39.2. The Morgan fingerprint density at radius 2 is 1.60 bits per heavy atom. The number of fused-ring (bicyclic) bond motifs is 1. The fraction of sp³-hybridized carbons (Fsp3) is 0.450. The van der Waals surface area contributed by atoms with Gasteiger partial charge in [0, 0.05) is 50.9 Å². The number of hydrogen-bond acceptors (Lipinski definition) is 6. The molecule has 0 spiro atoms. The lowest BCUT2D eigenvalue weighted by molar-refractivity contribution is -0.137. The van der Waals surface area contributed by atoms with Crippen LogP contribution in [-0.2, 0) is 6.18 Å². The van der Waals surface area contributed by atoms with Crippen LogP contribution in [0, 0.1) is 11.8 Å². The predicted octanol–water partition coefficient (Wildman–Crippen LogP) is 7.22. The van der Waals surface area contributed by atoms with Crippen LogP contribution in [0.1, 0.15) is 60.3 Å². The lowest BCUT2D eigenvalue weighted by Crippen LogP contribution is -2.54. The molecule has 0 radical (unpaired) electrons. The fourth-order valence-electron chi connectivity index (χ4n) is 7.85. The topological polar surface area (TPSA) is 72.5 Å². The molecule has 0 saturated carbocycles. The average molecular weight is 685 g/mol. The third-order valence-electron chi connectivity index (χ3n) is 10.7. The normalized spacial score (nSPS) is 19.3. The number of pyridine rings is 1. The van der Waals surface area contributed by atoms with Gasteiger partial charge in [-0.05, 0) is 116 Å². The number of hydrogen-bond donors (Lipinski definition) is 3. The van der Waals surface area contributed by atoms with Gasteiger partial charge in [0.15, 0.2) is 0 Å². The molecule has 1 atom stereocenters. The van der Waals surface area contributed by atoms with Gasteiger partial charge in [0.1, 0.15) is 5.82 Å². The summed E-state index contributed by atoms with van der Waals surface area (Å²) in [4.78, 5) is 23.5. The Kier molecular flexibility index (Phi) is 10.4. The second-order valence-electron chi connectivity index (χ2n) is 14.5. The molecule has 0 bridgehead atoms. The minimum atomic E-state index is -4.38. The smallest absolute Gasteiger partial charge is 0.367 e. The van der Waals surface area contributed by atoms with E-state index in [4.69, 9.17) is 4.98 Å². The molecule has 3 aliphatic heterocycles. The van der Waals surface area contributed by atoms with Crippen LogP contribution in [0.25, 0.3) is 21.9 Å². The molecule has 4 heterocycles. The first-order valence-electron chi connectivity index (χ1n) is 18.1. The van der Waals surface area contributed by atoms with E-state index in [1.54, 1.807) is 6.07 Å². The Morgan fingerprint density at radius 3 is 2.34 bits per heavy atom. The number of likely N-dealkylation sites (tertiary alicyclic amines) is 2. The van der Waals surface area contributed by atoms with E-state index in [0.717, 1.165) is 77.7 Å². The Bertz CT molecular complexity index is 1760. The first kappa shape index (κ1) is 34.5. The number of carbonyl (C=O) groups excluding carboxylic acids is 1. The zero-order valence-electron chi connectivity index (χ0n) is 28.7. The van der Waals surface area contributed by atoms with Crippen LogP contribution < -0.4 is 16.0 Å². The van der Waals surface area contributed by atoms with Crippen molar-refractivity contribution in [2.45, 2.75) is 50.9 Å². The number of anilines is 1. The number of halogens is 3. The Balaban J connectivity index is 0.894. The number of carbonyl (C=O) groups is 1. The molecule has 10 heteroatoms. The SMILES string of the molecule is C[C@H](NC(=O)c1ccc2c(-c3ccc(C(F)(F)F)cc3)cccc2c1)c1cccc(NC2CCN(CC3CN(CC4CCNCC4)C3)CC2)n1. The van der Waals surface area contributed by atoms with Gasteiger partial charge in [0.25, 0.3) is 5.91 Å². The largest absolute Gasteiger partial charge is 0.416 e. The zero-order chi connectivity index (χ0) is 34.7. The number of amides is 1. The van der Waals surface area contributed by atoms with E-state index in [0.29, 0.717) is 17.2 Å². The van der Waals surface area contributed by atoms with Crippen molar-refractivity contribution in [2.75, 3.05) is 57.7 Å². The van der Waals surface area contributed by atoms with Gasteiger partial charge in [0.05, 0.1) is 17.3 Å². The Morgan fingerprint density at radius 1 is 0.880 bits per heavy atom. The maximum absolute atomic E-state index is 13.3. The van der Waals surface area contributed by atoms with Gasteiger partial charge >= 0.3 is 6.18 Å². The van der Waals surface area contributed by atoms with E-state index in [2.05, 4.69) is 25.8 Å². The highest BCUT2D eigenvalue weighted by molar-refractivity contribution is 6.02. The monoisotopic (exact) mass is 684 g/mol. The van der Waals surface area contributed by atoms with Crippen LogP contribution in [-0.4, -0.2) is 79.1 Å². The van der Waals surface area contributed by atoms with Crippen molar-refractivity contribution in [3.05, 3.63) is 95.7 Å². The number of benzene rings is 3. The Hall–Kier alpha value is -3.99. The molecular weight excluding hydrogens is 637 g/mol. The molecule has 3 fully saturated rings. The van der Waals surface area contributed by atoms with Crippen molar-refractivity contribution in [2.24, 2.45) is 11.8 Å². The molecule has 7 nitrogen and oxygen atoms in total. The first-order chi connectivity index (χ1) is 24.2. The summed E-state index contributed by atoms with van der Waals surface area (Å²) >= 11 is 0. The van der Waals surface area contributed by atoms with Gasteiger partial charge in [-0.2, -0.15) is 13.2 Å². The summed E-state index contributed by atoms with van der Waals surface area (Å²) in [5.74, 6) is 2.29. The maximum Gasteiger partial charge on any atom is 0.416 e.